The van der Waals surface area contributed by atoms with Gasteiger partial charge in [-0.25, -0.2) is 4.68 Å². The molecule has 88 valence electrons. The maximum Gasteiger partial charge on any atom is 0.244 e. The Morgan fingerprint density at radius 3 is 3.06 bits per heavy atom. The summed E-state index contributed by atoms with van der Waals surface area (Å²) in [4.78, 5) is 13.5. The molecule has 0 aromatic carbocycles. The second kappa shape index (κ2) is 4.56. The van der Waals surface area contributed by atoms with Crippen LogP contribution in [0.1, 0.15) is 13.3 Å². The number of hydrogen-bond donors (Lipinski definition) is 1. The summed E-state index contributed by atoms with van der Waals surface area (Å²) in [7, 11) is 0. The molecule has 1 amide bonds. The number of β-amino-alcohol motifs (C(OH)–C–C–N with tert-alkyl or cyclic N) is 1. The molecule has 1 aromatic heterocycles. The van der Waals surface area contributed by atoms with Gasteiger partial charge in [-0.3, -0.25) is 4.79 Å². The fourth-order valence-electron chi connectivity index (χ4n) is 1.77. The molecule has 2 unspecified atom stereocenters. The fraction of sp³-hybridized carbons (Fsp3) is 0.778. The molecular formula is C9H15N5O2. The van der Waals surface area contributed by atoms with Crippen LogP contribution in [-0.2, 0) is 11.3 Å². The number of aliphatic hydroxyl groups is 1. The normalized spacial score (nSPS) is 25.8. The van der Waals surface area contributed by atoms with Crippen LogP contribution in [0.15, 0.2) is 6.33 Å². The minimum atomic E-state index is -0.424. The zero-order valence-electron chi connectivity index (χ0n) is 9.15. The maximum atomic E-state index is 11.8. The molecule has 1 aliphatic heterocycles. The van der Waals surface area contributed by atoms with Crippen LogP contribution in [-0.4, -0.2) is 55.3 Å². The van der Waals surface area contributed by atoms with Gasteiger partial charge in [0, 0.05) is 13.1 Å². The van der Waals surface area contributed by atoms with Crippen molar-refractivity contribution >= 4 is 5.91 Å². The van der Waals surface area contributed by atoms with Crippen molar-refractivity contribution in [3.63, 3.8) is 0 Å². The largest absolute Gasteiger partial charge is 0.391 e. The van der Waals surface area contributed by atoms with Crippen LogP contribution in [0.2, 0.25) is 0 Å². The molecule has 1 N–H and O–H groups in total. The molecule has 0 bridgehead atoms. The minimum Gasteiger partial charge on any atom is -0.391 e. The number of aromatic nitrogens is 4. The monoisotopic (exact) mass is 225 g/mol. The van der Waals surface area contributed by atoms with E-state index in [2.05, 4.69) is 15.5 Å². The average molecular weight is 225 g/mol. The van der Waals surface area contributed by atoms with Gasteiger partial charge in [-0.2, -0.15) is 0 Å². The third kappa shape index (κ3) is 2.35. The second-order valence-corrected chi connectivity index (χ2v) is 4.18. The van der Waals surface area contributed by atoms with Gasteiger partial charge in [0.15, 0.2) is 0 Å². The van der Waals surface area contributed by atoms with Gasteiger partial charge in [-0.1, -0.05) is 6.92 Å². The standard InChI is InChI=1S/C9H15N5O2/c1-7-2-3-13(4-8(7)15)9(16)5-14-6-10-11-12-14/h6-8,15H,2-5H2,1H3. The van der Waals surface area contributed by atoms with Crippen molar-refractivity contribution in [2.75, 3.05) is 13.1 Å². The first-order valence-corrected chi connectivity index (χ1v) is 5.33. The van der Waals surface area contributed by atoms with E-state index in [-0.39, 0.29) is 18.4 Å². The van der Waals surface area contributed by atoms with Crippen molar-refractivity contribution < 1.29 is 9.90 Å². The Morgan fingerprint density at radius 2 is 2.44 bits per heavy atom. The summed E-state index contributed by atoms with van der Waals surface area (Å²) in [5, 5.41) is 20.2. The molecule has 2 atom stereocenters. The molecule has 1 fully saturated rings. The topological polar surface area (TPSA) is 84.1 Å². The van der Waals surface area contributed by atoms with Crippen molar-refractivity contribution in [2.45, 2.75) is 26.0 Å². The number of carbonyl (C=O) groups is 1. The number of carbonyl (C=O) groups excluding carboxylic acids is 1. The van der Waals surface area contributed by atoms with Crippen molar-refractivity contribution in [2.24, 2.45) is 5.92 Å². The first-order valence-electron chi connectivity index (χ1n) is 5.33. The fourth-order valence-corrected chi connectivity index (χ4v) is 1.77. The molecule has 0 saturated carbocycles. The highest BCUT2D eigenvalue weighted by Gasteiger charge is 2.27. The van der Waals surface area contributed by atoms with Crippen LogP contribution >= 0.6 is 0 Å². The lowest BCUT2D eigenvalue weighted by Crippen LogP contribution is -2.46. The predicted octanol–water partition coefficient (Wildman–Crippen LogP) is -1.10. The lowest BCUT2D eigenvalue weighted by molar-refractivity contribution is -0.136. The molecule has 2 rings (SSSR count). The molecule has 2 heterocycles. The predicted molar refractivity (Wildman–Crippen MR) is 54.2 cm³/mol. The molecule has 0 spiro atoms. The quantitative estimate of drug-likeness (QED) is 0.691. The van der Waals surface area contributed by atoms with E-state index in [4.69, 9.17) is 0 Å². The number of nitrogens with zero attached hydrogens (tertiary/aromatic N) is 5. The molecule has 1 saturated heterocycles. The van der Waals surface area contributed by atoms with Crippen LogP contribution < -0.4 is 0 Å². The Bertz CT molecular complexity index is 353. The summed E-state index contributed by atoms with van der Waals surface area (Å²) in [6.45, 7) is 3.23. The maximum absolute atomic E-state index is 11.8. The summed E-state index contributed by atoms with van der Waals surface area (Å²) in [5.74, 6) is 0.204. The van der Waals surface area contributed by atoms with Gasteiger partial charge in [-0.05, 0) is 22.8 Å². The number of rotatable bonds is 2. The average Bonchev–Trinajstić information content (AvgIpc) is 2.74. The third-order valence-corrected chi connectivity index (χ3v) is 2.96. The number of tetrazole rings is 1. The SMILES string of the molecule is CC1CCN(C(=O)Cn2cnnn2)CC1O. The zero-order valence-corrected chi connectivity index (χ0v) is 9.15. The molecular weight excluding hydrogens is 210 g/mol. The van der Waals surface area contributed by atoms with E-state index in [0.29, 0.717) is 13.1 Å². The Balaban J connectivity index is 1.90. The van der Waals surface area contributed by atoms with Crippen LogP contribution in [0.3, 0.4) is 0 Å². The van der Waals surface area contributed by atoms with Crippen molar-refractivity contribution in [3.8, 4) is 0 Å². The highest BCUT2D eigenvalue weighted by atomic mass is 16.3. The van der Waals surface area contributed by atoms with Gasteiger partial charge < -0.3 is 10.0 Å². The van der Waals surface area contributed by atoms with Crippen molar-refractivity contribution in [1.29, 1.82) is 0 Å². The van der Waals surface area contributed by atoms with E-state index >= 15 is 0 Å². The molecule has 7 heteroatoms. The minimum absolute atomic E-state index is 0.0572. The van der Waals surface area contributed by atoms with Gasteiger partial charge in [0.1, 0.15) is 12.9 Å². The number of hydrogen-bond acceptors (Lipinski definition) is 5. The molecule has 1 aromatic rings. The number of amides is 1. The lowest BCUT2D eigenvalue weighted by atomic mass is 9.96. The Morgan fingerprint density at radius 1 is 1.62 bits per heavy atom. The van der Waals surface area contributed by atoms with Crippen LogP contribution in [0.25, 0.3) is 0 Å². The first-order chi connectivity index (χ1) is 7.66. The van der Waals surface area contributed by atoms with Gasteiger partial charge in [0.2, 0.25) is 5.91 Å². The van der Waals surface area contributed by atoms with Gasteiger partial charge in [0.05, 0.1) is 6.10 Å². The van der Waals surface area contributed by atoms with E-state index in [1.807, 2.05) is 6.92 Å². The van der Waals surface area contributed by atoms with E-state index in [0.717, 1.165) is 6.42 Å². The highest BCUT2D eigenvalue weighted by Crippen LogP contribution is 2.16. The lowest BCUT2D eigenvalue weighted by Gasteiger charge is -2.34. The Kier molecular flexibility index (Phi) is 3.14. The summed E-state index contributed by atoms with van der Waals surface area (Å²) < 4.78 is 1.38. The summed E-state index contributed by atoms with van der Waals surface area (Å²) >= 11 is 0. The molecule has 7 nitrogen and oxygen atoms in total. The van der Waals surface area contributed by atoms with Crippen LogP contribution in [0.5, 0.6) is 0 Å². The highest BCUT2D eigenvalue weighted by molar-refractivity contribution is 5.76. The first kappa shape index (κ1) is 11.0. The molecule has 0 radical (unpaired) electrons. The van der Waals surface area contributed by atoms with E-state index in [9.17, 15) is 9.90 Å². The van der Waals surface area contributed by atoms with E-state index < -0.39 is 6.10 Å². The van der Waals surface area contributed by atoms with Crippen LogP contribution in [0.4, 0.5) is 0 Å². The zero-order chi connectivity index (χ0) is 11.5. The van der Waals surface area contributed by atoms with Crippen molar-refractivity contribution in [1.82, 2.24) is 25.1 Å². The van der Waals surface area contributed by atoms with Gasteiger partial charge in [-0.15, -0.1) is 5.10 Å². The summed E-state index contributed by atoms with van der Waals surface area (Å²) in [5.41, 5.74) is 0. The van der Waals surface area contributed by atoms with Crippen LogP contribution in [0, 0.1) is 5.92 Å². The molecule has 16 heavy (non-hydrogen) atoms. The molecule has 0 aliphatic carbocycles. The number of aliphatic hydroxyl groups excluding tert-OH is 1. The molecule has 1 aliphatic rings. The number of likely N-dealkylation sites (tertiary alicyclic amines) is 1. The third-order valence-electron chi connectivity index (χ3n) is 2.96. The Labute approximate surface area is 93.0 Å². The Hall–Kier alpha value is -1.50. The van der Waals surface area contributed by atoms with Gasteiger partial charge in [0.25, 0.3) is 0 Å². The summed E-state index contributed by atoms with van der Waals surface area (Å²) in [6, 6.07) is 0. The van der Waals surface area contributed by atoms with E-state index in [1.54, 1.807) is 4.90 Å². The van der Waals surface area contributed by atoms with Gasteiger partial charge >= 0.3 is 0 Å². The van der Waals surface area contributed by atoms with E-state index in [1.165, 1.54) is 11.0 Å². The second-order valence-electron chi connectivity index (χ2n) is 4.18. The summed E-state index contributed by atoms with van der Waals surface area (Å²) in [6.07, 6.45) is 1.82. The van der Waals surface area contributed by atoms with Crippen molar-refractivity contribution in [3.05, 3.63) is 6.33 Å². The number of piperidine rings is 1. The smallest absolute Gasteiger partial charge is 0.244 e.